The average molecular weight is 506 g/mol. The van der Waals surface area contributed by atoms with Gasteiger partial charge in [0.25, 0.3) is 5.91 Å². The molecule has 2 N–H and O–H groups in total. The van der Waals surface area contributed by atoms with E-state index >= 15 is 0 Å². The number of anilines is 1. The van der Waals surface area contributed by atoms with E-state index in [0.717, 1.165) is 16.7 Å². The summed E-state index contributed by atoms with van der Waals surface area (Å²) in [7, 11) is 0. The number of aromatic nitrogens is 3. The first-order chi connectivity index (χ1) is 17.1. The number of nitrogens with zero attached hydrogens (tertiary/aromatic N) is 3. The van der Waals surface area contributed by atoms with Gasteiger partial charge in [-0.05, 0) is 64.3 Å². The summed E-state index contributed by atoms with van der Waals surface area (Å²) < 4.78 is 6.91. The molecule has 2 heterocycles. The van der Waals surface area contributed by atoms with Gasteiger partial charge >= 0.3 is 6.09 Å². The molecule has 1 saturated carbocycles. The number of halogens is 1. The normalized spacial score (nSPS) is 16.8. The van der Waals surface area contributed by atoms with Crippen molar-refractivity contribution in [3.63, 3.8) is 0 Å². The number of rotatable bonds is 4. The van der Waals surface area contributed by atoms with Crippen molar-refractivity contribution in [3.8, 4) is 11.8 Å². The molecule has 8 nitrogen and oxygen atoms in total. The highest BCUT2D eigenvalue weighted by Gasteiger charge is 2.36. The number of ether oxygens (including phenoxy) is 1. The molecule has 0 saturated heterocycles. The Balaban J connectivity index is 1.40. The molecule has 1 aliphatic rings. The van der Waals surface area contributed by atoms with E-state index in [1.54, 1.807) is 10.9 Å². The topological polar surface area (TPSA) is 98.1 Å². The molecule has 0 spiro atoms. The van der Waals surface area contributed by atoms with Crippen LogP contribution in [0.4, 0.5) is 10.6 Å². The second kappa shape index (κ2) is 10.4. The molecule has 1 aliphatic carbocycles. The minimum absolute atomic E-state index is 0.0582. The van der Waals surface area contributed by atoms with Gasteiger partial charge in [-0.25, -0.2) is 9.78 Å². The lowest BCUT2D eigenvalue weighted by molar-refractivity contribution is 0.0450. The summed E-state index contributed by atoms with van der Waals surface area (Å²) in [5.41, 5.74) is 2.12. The Kier molecular flexibility index (Phi) is 7.32. The standard InChI is InChI=1S/C27H28ClN5O3/c1-17-12-19(11-10-18-8-6-5-7-9-18)15-29-24(17)32-25(34)23-22(28)16-30-33(23)21-13-20(14-21)31-26(35)36-27(2,3)4/h5-9,12,15-16,20-21H,13-14H2,1-4H3,(H,31,35)(H,29,32,34). The summed E-state index contributed by atoms with van der Waals surface area (Å²) in [6.07, 6.45) is 3.85. The molecule has 0 radical (unpaired) electrons. The molecule has 2 aromatic heterocycles. The van der Waals surface area contributed by atoms with Crippen LogP contribution in [0, 0.1) is 18.8 Å². The largest absolute Gasteiger partial charge is 0.444 e. The average Bonchev–Trinajstić information content (AvgIpc) is 3.16. The maximum atomic E-state index is 13.1. The van der Waals surface area contributed by atoms with Crippen LogP contribution in [0.2, 0.25) is 5.02 Å². The van der Waals surface area contributed by atoms with E-state index in [0.29, 0.717) is 18.7 Å². The maximum Gasteiger partial charge on any atom is 0.407 e. The van der Waals surface area contributed by atoms with Gasteiger partial charge in [0, 0.05) is 23.4 Å². The van der Waals surface area contributed by atoms with Crippen LogP contribution in [0.15, 0.2) is 48.8 Å². The van der Waals surface area contributed by atoms with Crippen molar-refractivity contribution in [1.29, 1.82) is 0 Å². The van der Waals surface area contributed by atoms with Crippen molar-refractivity contribution in [2.75, 3.05) is 5.32 Å². The van der Waals surface area contributed by atoms with E-state index in [9.17, 15) is 9.59 Å². The van der Waals surface area contributed by atoms with E-state index in [2.05, 4.69) is 32.6 Å². The predicted octanol–water partition coefficient (Wildman–Crippen LogP) is 5.12. The zero-order valence-corrected chi connectivity index (χ0v) is 21.4. The van der Waals surface area contributed by atoms with E-state index in [4.69, 9.17) is 16.3 Å². The zero-order chi connectivity index (χ0) is 25.9. The molecule has 2 amide bonds. The van der Waals surface area contributed by atoms with E-state index < -0.39 is 17.6 Å². The Morgan fingerprint density at radius 1 is 1.11 bits per heavy atom. The molecule has 186 valence electrons. The quantitative estimate of drug-likeness (QED) is 0.479. The van der Waals surface area contributed by atoms with Gasteiger partial charge in [-0.15, -0.1) is 0 Å². The highest BCUT2D eigenvalue weighted by molar-refractivity contribution is 6.34. The third-order valence-corrected chi connectivity index (χ3v) is 5.86. The summed E-state index contributed by atoms with van der Waals surface area (Å²) in [6, 6.07) is 11.4. The summed E-state index contributed by atoms with van der Waals surface area (Å²) >= 11 is 6.32. The monoisotopic (exact) mass is 505 g/mol. The number of alkyl carbamates (subject to hydrolysis) is 1. The number of hydrogen-bond donors (Lipinski definition) is 2. The number of amides is 2. The summed E-state index contributed by atoms with van der Waals surface area (Å²) in [6.45, 7) is 7.30. The highest BCUT2D eigenvalue weighted by atomic mass is 35.5. The maximum absolute atomic E-state index is 13.1. The van der Waals surface area contributed by atoms with Crippen LogP contribution in [-0.4, -0.2) is 38.4 Å². The SMILES string of the molecule is Cc1cc(C#Cc2ccccc2)cnc1NC(=O)c1c(Cl)cnn1C1CC(NC(=O)OC(C)(C)C)C1. The summed E-state index contributed by atoms with van der Waals surface area (Å²) in [5.74, 6) is 6.21. The van der Waals surface area contributed by atoms with Crippen LogP contribution in [0.3, 0.4) is 0 Å². The Morgan fingerprint density at radius 3 is 2.47 bits per heavy atom. The fourth-order valence-corrected chi connectivity index (χ4v) is 4.03. The summed E-state index contributed by atoms with van der Waals surface area (Å²) in [4.78, 5) is 29.5. The minimum atomic E-state index is -0.563. The third-order valence-electron chi connectivity index (χ3n) is 5.58. The van der Waals surface area contributed by atoms with Gasteiger partial charge in [0.2, 0.25) is 0 Å². The van der Waals surface area contributed by atoms with Crippen LogP contribution in [0.5, 0.6) is 0 Å². The van der Waals surface area contributed by atoms with Crippen LogP contribution < -0.4 is 10.6 Å². The second-order valence-electron chi connectivity index (χ2n) is 9.71. The second-order valence-corrected chi connectivity index (χ2v) is 10.1. The Hall–Kier alpha value is -3.83. The third kappa shape index (κ3) is 6.23. The molecule has 0 unspecified atom stereocenters. The fourth-order valence-electron chi connectivity index (χ4n) is 3.82. The Bertz CT molecular complexity index is 1330. The lowest BCUT2D eigenvalue weighted by Gasteiger charge is -2.36. The fraction of sp³-hybridized carbons (Fsp3) is 0.333. The molecule has 1 fully saturated rings. The number of aryl methyl sites for hydroxylation is 1. The first-order valence-electron chi connectivity index (χ1n) is 11.7. The molecule has 3 aromatic rings. The molecule has 0 bridgehead atoms. The van der Waals surface area contributed by atoms with E-state index in [-0.39, 0.29) is 22.8 Å². The molecule has 9 heteroatoms. The van der Waals surface area contributed by atoms with E-state index in [1.807, 2.05) is 64.1 Å². The first kappa shape index (κ1) is 25.3. The van der Waals surface area contributed by atoms with Gasteiger partial charge in [-0.3, -0.25) is 9.48 Å². The van der Waals surface area contributed by atoms with Gasteiger partial charge < -0.3 is 15.4 Å². The van der Waals surface area contributed by atoms with Crippen molar-refractivity contribution < 1.29 is 14.3 Å². The number of carbonyl (C=O) groups excluding carboxylic acids is 2. The smallest absolute Gasteiger partial charge is 0.407 e. The van der Waals surface area contributed by atoms with Crippen LogP contribution in [0.1, 0.15) is 66.8 Å². The lowest BCUT2D eigenvalue weighted by Crippen LogP contribution is -2.47. The summed E-state index contributed by atoms with van der Waals surface area (Å²) in [5, 5.41) is 10.2. The number of pyridine rings is 1. The number of benzene rings is 1. The molecular formula is C27H28ClN5O3. The molecule has 0 atom stereocenters. The minimum Gasteiger partial charge on any atom is -0.444 e. The number of nitrogens with one attached hydrogen (secondary N) is 2. The van der Waals surface area contributed by atoms with Gasteiger partial charge in [0.15, 0.2) is 0 Å². The molecule has 0 aliphatic heterocycles. The van der Waals surface area contributed by atoms with Gasteiger partial charge in [-0.1, -0.05) is 41.6 Å². The van der Waals surface area contributed by atoms with Gasteiger partial charge in [0.05, 0.1) is 17.3 Å². The molecule has 4 rings (SSSR count). The van der Waals surface area contributed by atoms with Crippen molar-refractivity contribution in [2.45, 2.75) is 58.2 Å². The zero-order valence-electron chi connectivity index (χ0n) is 20.6. The lowest BCUT2D eigenvalue weighted by atomic mass is 9.87. The van der Waals surface area contributed by atoms with Crippen LogP contribution >= 0.6 is 11.6 Å². The molecular weight excluding hydrogens is 478 g/mol. The van der Waals surface area contributed by atoms with Crippen molar-refractivity contribution in [1.82, 2.24) is 20.1 Å². The van der Waals surface area contributed by atoms with Crippen LogP contribution in [-0.2, 0) is 4.74 Å². The molecule has 36 heavy (non-hydrogen) atoms. The number of hydrogen-bond acceptors (Lipinski definition) is 5. The predicted molar refractivity (Wildman–Crippen MR) is 138 cm³/mol. The van der Waals surface area contributed by atoms with Crippen molar-refractivity contribution >= 4 is 29.4 Å². The first-order valence-corrected chi connectivity index (χ1v) is 12.0. The Labute approximate surface area is 215 Å². The van der Waals surface area contributed by atoms with Crippen LogP contribution in [0.25, 0.3) is 0 Å². The van der Waals surface area contributed by atoms with Crippen molar-refractivity contribution in [2.24, 2.45) is 0 Å². The van der Waals surface area contributed by atoms with E-state index in [1.165, 1.54) is 6.20 Å². The number of carbonyl (C=O) groups is 2. The highest BCUT2D eigenvalue weighted by Crippen LogP contribution is 2.35. The van der Waals surface area contributed by atoms with Gasteiger partial charge in [0.1, 0.15) is 17.1 Å². The molecule has 1 aromatic carbocycles. The van der Waals surface area contributed by atoms with Gasteiger partial charge in [-0.2, -0.15) is 5.10 Å². The van der Waals surface area contributed by atoms with Crippen molar-refractivity contribution in [3.05, 3.63) is 76.2 Å². The Morgan fingerprint density at radius 2 is 1.81 bits per heavy atom.